The molecule has 1 amide bonds. The standard InChI is InChI=1S/C22H20BrNO3S/c23-21-11-4-3-10-20(21)22(25)24(18-12-13-28(26,27)15-18)14-17-8-5-7-16-6-1-2-9-19(16)17/h1-11,18H,12-15H2/t18-/m0/s1. The molecule has 1 saturated heterocycles. The number of nitrogens with zero attached hydrogens (tertiary/aromatic N) is 1. The second kappa shape index (κ2) is 7.68. The van der Waals surface area contributed by atoms with Gasteiger partial charge in [-0.25, -0.2) is 8.42 Å². The molecular formula is C22H20BrNO3S. The molecule has 0 spiro atoms. The lowest BCUT2D eigenvalue weighted by Gasteiger charge is -2.29. The van der Waals surface area contributed by atoms with Crippen molar-refractivity contribution in [2.24, 2.45) is 0 Å². The van der Waals surface area contributed by atoms with Crippen LogP contribution in [0.15, 0.2) is 71.2 Å². The molecule has 4 nitrogen and oxygen atoms in total. The minimum atomic E-state index is -3.11. The Balaban J connectivity index is 1.75. The first-order valence-corrected chi connectivity index (χ1v) is 11.8. The predicted octanol–water partition coefficient (Wildman–Crippen LogP) is 4.43. The van der Waals surface area contributed by atoms with Crippen molar-refractivity contribution in [1.82, 2.24) is 4.90 Å². The second-order valence-electron chi connectivity index (χ2n) is 7.11. The fourth-order valence-electron chi connectivity index (χ4n) is 3.79. The van der Waals surface area contributed by atoms with Gasteiger partial charge in [0.15, 0.2) is 9.84 Å². The van der Waals surface area contributed by atoms with E-state index in [-0.39, 0.29) is 23.5 Å². The van der Waals surface area contributed by atoms with Crippen LogP contribution in [0.5, 0.6) is 0 Å². The van der Waals surface area contributed by atoms with Crippen LogP contribution in [0.2, 0.25) is 0 Å². The minimum Gasteiger partial charge on any atom is -0.330 e. The number of sulfone groups is 1. The molecule has 0 N–H and O–H groups in total. The first kappa shape index (κ1) is 19.2. The van der Waals surface area contributed by atoms with Crippen LogP contribution in [-0.4, -0.2) is 36.8 Å². The number of hydrogen-bond donors (Lipinski definition) is 0. The smallest absolute Gasteiger partial charge is 0.255 e. The molecule has 1 heterocycles. The first-order chi connectivity index (χ1) is 13.4. The molecule has 0 bridgehead atoms. The zero-order chi connectivity index (χ0) is 19.7. The zero-order valence-electron chi connectivity index (χ0n) is 15.2. The highest BCUT2D eigenvalue weighted by Crippen LogP contribution is 2.27. The lowest BCUT2D eigenvalue weighted by molar-refractivity contribution is 0.0681. The molecule has 1 fully saturated rings. The quantitative estimate of drug-likeness (QED) is 0.581. The highest BCUT2D eigenvalue weighted by atomic mass is 79.9. The molecule has 3 aromatic carbocycles. The maximum atomic E-state index is 13.4. The largest absolute Gasteiger partial charge is 0.330 e. The van der Waals surface area contributed by atoms with Crippen LogP contribution in [0, 0.1) is 0 Å². The van der Waals surface area contributed by atoms with Crippen molar-refractivity contribution in [3.63, 3.8) is 0 Å². The van der Waals surface area contributed by atoms with E-state index in [9.17, 15) is 13.2 Å². The lowest BCUT2D eigenvalue weighted by atomic mass is 10.0. The first-order valence-electron chi connectivity index (χ1n) is 9.17. The average molecular weight is 458 g/mol. The third-order valence-corrected chi connectivity index (χ3v) is 7.68. The van der Waals surface area contributed by atoms with Crippen LogP contribution < -0.4 is 0 Å². The van der Waals surface area contributed by atoms with Crippen molar-refractivity contribution in [2.45, 2.75) is 19.0 Å². The summed E-state index contributed by atoms with van der Waals surface area (Å²) in [6.07, 6.45) is 0.475. The molecule has 28 heavy (non-hydrogen) atoms. The van der Waals surface area contributed by atoms with E-state index in [1.165, 1.54) is 0 Å². The molecule has 0 radical (unpaired) electrons. The number of benzene rings is 3. The Labute approximate surface area is 173 Å². The van der Waals surface area contributed by atoms with Gasteiger partial charge in [-0.2, -0.15) is 0 Å². The molecule has 1 atom stereocenters. The fraction of sp³-hybridized carbons (Fsp3) is 0.227. The number of amides is 1. The van der Waals surface area contributed by atoms with Crippen molar-refractivity contribution < 1.29 is 13.2 Å². The maximum Gasteiger partial charge on any atom is 0.255 e. The summed E-state index contributed by atoms with van der Waals surface area (Å²) in [4.78, 5) is 15.1. The number of hydrogen-bond acceptors (Lipinski definition) is 3. The van der Waals surface area contributed by atoms with Crippen molar-refractivity contribution in [1.29, 1.82) is 0 Å². The average Bonchev–Trinajstić information content (AvgIpc) is 3.05. The molecule has 0 aliphatic carbocycles. The summed E-state index contributed by atoms with van der Waals surface area (Å²) in [5.74, 6) is 0.00322. The van der Waals surface area contributed by atoms with Crippen LogP contribution in [0.3, 0.4) is 0 Å². The maximum absolute atomic E-state index is 13.4. The van der Waals surface area contributed by atoms with Crippen LogP contribution in [0.4, 0.5) is 0 Å². The van der Waals surface area contributed by atoms with Crippen LogP contribution in [0.1, 0.15) is 22.3 Å². The molecule has 0 saturated carbocycles. The van der Waals surface area contributed by atoms with Crippen molar-refractivity contribution in [3.8, 4) is 0 Å². The van der Waals surface area contributed by atoms with Gasteiger partial charge in [-0.05, 0) is 50.8 Å². The zero-order valence-corrected chi connectivity index (χ0v) is 17.6. The van der Waals surface area contributed by atoms with E-state index in [4.69, 9.17) is 0 Å². The highest BCUT2D eigenvalue weighted by Gasteiger charge is 2.35. The normalized spacial score (nSPS) is 18.2. The van der Waals surface area contributed by atoms with E-state index < -0.39 is 9.84 Å². The SMILES string of the molecule is O=C(c1ccccc1Br)N(Cc1cccc2ccccc12)[C@H]1CCS(=O)(=O)C1. The monoisotopic (exact) mass is 457 g/mol. The Bertz CT molecular complexity index is 1140. The van der Waals surface area contributed by atoms with E-state index in [2.05, 4.69) is 15.9 Å². The summed E-state index contributed by atoms with van der Waals surface area (Å²) in [6, 6.07) is 21.0. The van der Waals surface area contributed by atoms with Gasteiger partial charge in [0.1, 0.15) is 0 Å². The third kappa shape index (κ3) is 3.84. The van der Waals surface area contributed by atoms with Gasteiger partial charge in [-0.3, -0.25) is 4.79 Å². The number of carbonyl (C=O) groups excluding carboxylic acids is 1. The van der Waals surface area contributed by atoms with Gasteiger partial charge in [-0.15, -0.1) is 0 Å². The molecule has 144 valence electrons. The van der Waals surface area contributed by atoms with E-state index in [0.29, 0.717) is 23.0 Å². The summed E-state index contributed by atoms with van der Waals surface area (Å²) in [5, 5.41) is 2.18. The Morgan fingerprint density at radius 2 is 1.71 bits per heavy atom. The summed E-state index contributed by atoms with van der Waals surface area (Å²) in [5.41, 5.74) is 1.56. The number of halogens is 1. The van der Waals surface area contributed by atoms with Gasteiger partial charge in [0, 0.05) is 17.1 Å². The summed E-state index contributed by atoms with van der Waals surface area (Å²) < 4.78 is 24.9. The summed E-state index contributed by atoms with van der Waals surface area (Å²) in [6.45, 7) is 0.377. The molecule has 3 aromatic rings. The van der Waals surface area contributed by atoms with E-state index in [1.54, 1.807) is 11.0 Å². The number of fused-ring (bicyclic) bond motifs is 1. The molecule has 0 aromatic heterocycles. The Kier molecular flexibility index (Phi) is 5.25. The van der Waals surface area contributed by atoms with Gasteiger partial charge in [0.05, 0.1) is 17.1 Å². The van der Waals surface area contributed by atoms with Crippen molar-refractivity contribution >= 4 is 42.4 Å². The Hall–Kier alpha value is -2.18. The molecule has 1 aliphatic heterocycles. The molecule has 0 unspecified atom stereocenters. The van der Waals surface area contributed by atoms with E-state index in [0.717, 1.165) is 16.3 Å². The number of rotatable bonds is 4. The minimum absolute atomic E-state index is 0.0218. The second-order valence-corrected chi connectivity index (χ2v) is 10.2. The molecule has 1 aliphatic rings. The number of carbonyl (C=O) groups is 1. The van der Waals surface area contributed by atoms with E-state index in [1.807, 2.05) is 60.7 Å². The van der Waals surface area contributed by atoms with Gasteiger partial charge in [0.25, 0.3) is 5.91 Å². The molecular weight excluding hydrogens is 438 g/mol. The van der Waals surface area contributed by atoms with Crippen molar-refractivity contribution in [2.75, 3.05) is 11.5 Å². The van der Waals surface area contributed by atoms with Gasteiger partial charge in [-0.1, -0.05) is 54.6 Å². The van der Waals surface area contributed by atoms with Gasteiger partial charge < -0.3 is 4.90 Å². The predicted molar refractivity (Wildman–Crippen MR) is 115 cm³/mol. The lowest BCUT2D eigenvalue weighted by Crippen LogP contribution is -2.40. The highest BCUT2D eigenvalue weighted by molar-refractivity contribution is 9.10. The van der Waals surface area contributed by atoms with Gasteiger partial charge >= 0.3 is 0 Å². The molecule has 4 rings (SSSR count). The third-order valence-electron chi connectivity index (χ3n) is 5.23. The van der Waals surface area contributed by atoms with Crippen LogP contribution >= 0.6 is 15.9 Å². The molecule has 6 heteroatoms. The topological polar surface area (TPSA) is 54.5 Å². The Morgan fingerprint density at radius 3 is 2.46 bits per heavy atom. The fourth-order valence-corrected chi connectivity index (χ4v) is 5.98. The van der Waals surface area contributed by atoms with Crippen molar-refractivity contribution in [3.05, 3.63) is 82.3 Å². The van der Waals surface area contributed by atoms with Gasteiger partial charge in [0.2, 0.25) is 0 Å². The summed E-state index contributed by atoms with van der Waals surface area (Å²) >= 11 is 3.46. The summed E-state index contributed by atoms with van der Waals surface area (Å²) in [7, 11) is -3.11. The van der Waals surface area contributed by atoms with Crippen LogP contribution in [0.25, 0.3) is 10.8 Å². The van der Waals surface area contributed by atoms with Crippen LogP contribution in [-0.2, 0) is 16.4 Å². The Morgan fingerprint density at radius 1 is 1.00 bits per heavy atom. The van der Waals surface area contributed by atoms with E-state index >= 15 is 0 Å².